The van der Waals surface area contributed by atoms with Crippen LogP contribution in [0.1, 0.15) is 42.8 Å². The summed E-state index contributed by atoms with van der Waals surface area (Å²) in [6.45, 7) is 6.34. The molecule has 1 aromatic rings. The van der Waals surface area contributed by atoms with Gasteiger partial charge in [-0.05, 0) is 56.2 Å². The standard InChI is InChI=1S/C13H17Br2NOS/c1-3-13(2)4-6-16(7-5-13)12(17)10-8-9(14)11(15)18-10/h8H,3-7H2,1-2H3. The van der Waals surface area contributed by atoms with E-state index in [4.69, 9.17) is 0 Å². The van der Waals surface area contributed by atoms with Crippen LogP contribution in [0.5, 0.6) is 0 Å². The number of likely N-dealkylation sites (tertiary alicyclic amines) is 1. The Kier molecular flexibility index (Phi) is 4.55. The first-order valence-electron chi connectivity index (χ1n) is 6.19. The molecule has 18 heavy (non-hydrogen) atoms. The Bertz CT molecular complexity index is 430. The van der Waals surface area contributed by atoms with Crippen LogP contribution in [0, 0.1) is 5.41 Å². The zero-order chi connectivity index (χ0) is 13.3. The van der Waals surface area contributed by atoms with E-state index >= 15 is 0 Å². The molecule has 1 fully saturated rings. The third-order valence-electron chi connectivity index (χ3n) is 3.97. The summed E-state index contributed by atoms with van der Waals surface area (Å²) in [5.41, 5.74) is 0.424. The lowest BCUT2D eigenvalue weighted by atomic mass is 9.78. The Balaban J connectivity index is 2.04. The Hall–Kier alpha value is 0.130. The van der Waals surface area contributed by atoms with Gasteiger partial charge < -0.3 is 4.90 Å². The van der Waals surface area contributed by atoms with Crippen molar-refractivity contribution < 1.29 is 4.79 Å². The van der Waals surface area contributed by atoms with Crippen LogP contribution < -0.4 is 0 Å². The fourth-order valence-electron chi connectivity index (χ4n) is 2.21. The highest BCUT2D eigenvalue weighted by molar-refractivity contribution is 9.13. The molecular weight excluding hydrogens is 378 g/mol. The lowest BCUT2D eigenvalue weighted by Gasteiger charge is -2.38. The number of carbonyl (C=O) groups is 1. The first-order valence-corrected chi connectivity index (χ1v) is 8.59. The normalized spacial score (nSPS) is 19.0. The summed E-state index contributed by atoms with van der Waals surface area (Å²) < 4.78 is 1.95. The van der Waals surface area contributed by atoms with Gasteiger partial charge in [0.15, 0.2) is 0 Å². The van der Waals surface area contributed by atoms with E-state index in [1.54, 1.807) is 0 Å². The predicted molar refractivity (Wildman–Crippen MR) is 83.3 cm³/mol. The van der Waals surface area contributed by atoms with E-state index in [0.717, 1.165) is 39.1 Å². The maximum atomic E-state index is 12.4. The van der Waals surface area contributed by atoms with E-state index in [0.29, 0.717) is 5.41 Å². The molecule has 2 heterocycles. The van der Waals surface area contributed by atoms with E-state index in [1.807, 2.05) is 11.0 Å². The van der Waals surface area contributed by atoms with Crippen LogP contribution >= 0.6 is 43.2 Å². The zero-order valence-corrected chi connectivity index (χ0v) is 14.6. The molecule has 2 rings (SSSR count). The van der Waals surface area contributed by atoms with Crippen molar-refractivity contribution in [1.29, 1.82) is 0 Å². The topological polar surface area (TPSA) is 20.3 Å². The predicted octanol–water partition coefficient (Wildman–Crippen LogP) is 4.93. The summed E-state index contributed by atoms with van der Waals surface area (Å²) in [4.78, 5) is 15.2. The largest absolute Gasteiger partial charge is 0.338 e. The summed E-state index contributed by atoms with van der Waals surface area (Å²) >= 11 is 8.37. The Morgan fingerprint density at radius 2 is 2.06 bits per heavy atom. The van der Waals surface area contributed by atoms with Crippen molar-refractivity contribution in [2.75, 3.05) is 13.1 Å². The van der Waals surface area contributed by atoms with Gasteiger partial charge in [0.1, 0.15) is 0 Å². The van der Waals surface area contributed by atoms with Gasteiger partial charge in [0.2, 0.25) is 0 Å². The lowest BCUT2D eigenvalue weighted by Crippen LogP contribution is -2.41. The second kappa shape index (κ2) is 5.63. The molecule has 0 atom stereocenters. The molecule has 1 aromatic heterocycles. The molecule has 0 N–H and O–H groups in total. The summed E-state index contributed by atoms with van der Waals surface area (Å²) in [7, 11) is 0. The lowest BCUT2D eigenvalue weighted by molar-refractivity contribution is 0.0605. The molecule has 0 aromatic carbocycles. The summed E-state index contributed by atoms with van der Waals surface area (Å²) in [6.07, 6.45) is 3.43. The average Bonchev–Trinajstić information content (AvgIpc) is 2.70. The molecule has 2 nitrogen and oxygen atoms in total. The molecule has 0 unspecified atom stereocenters. The summed E-state index contributed by atoms with van der Waals surface area (Å²) in [5, 5.41) is 0. The number of hydrogen-bond acceptors (Lipinski definition) is 2. The smallest absolute Gasteiger partial charge is 0.264 e. The molecule has 0 spiro atoms. The highest BCUT2D eigenvalue weighted by Gasteiger charge is 2.31. The van der Waals surface area contributed by atoms with Crippen molar-refractivity contribution in [2.45, 2.75) is 33.1 Å². The summed E-state index contributed by atoms with van der Waals surface area (Å²) in [6, 6.07) is 1.91. The molecule has 5 heteroatoms. The number of piperidine rings is 1. The van der Waals surface area contributed by atoms with Gasteiger partial charge in [0.25, 0.3) is 5.91 Å². The number of hydrogen-bond donors (Lipinski definition) is 0. The van der Waals surface area contributed by atoms with E-state index in [9.17, 15) is 4.79 Å². The number of amides is 1. The van der Waals surface area contributed by atoms with Crippen LogP contribution in [0.2, 0.25) is 0 Å². The van der Waals surface area contributed by atoms with Crippen LogP contribution in [0.3, 0.4) is 0 Å². The van der Waals surface area contributed by atoms with Gasteiger partial charge in [-0.3, -0.25) is 4.79 Å². The van der Waals surface area contributed by atoms with Crippen molar-refractivity contribution in [3.63, 3.8) is 0 Å². The summed E-state index contributed by atoms with van der Waals surface area (Å²) in [5.74, 6) is 0.171. The van der Waals surface area contributed by atoms with E-state index in [-0.39, 0.29) is 5.91 Å². The zero-order valence-electron chi connectivity index (χ0n) is 10.6. The molecule has 1 aliphatic heterocycles. The molecule has 0 radical (unpaired) electrons. The molecule has 0 bridgehead atoms. The number of carbonyl (C=O) groups excluding carboxylic acids is 1. The number of halogens is 2. The number of nitrogens with zero attached hydrogens (tertiary/aromatic N) is 1. The molecule has 100 valence electrons. The fraction of sp³-hybridized carbons (Fsp3) is 0.615. The van der Waals surface area contributed by atoms with E-state index < -0.39 is 0 Å². The molecule has 0 saturated carbocycles. The van der Waals surface area contributed by atoms with Crippen molar-refractivity contribution in [2.24, 2.45) is 5.41 Å². The highest BCUT2D eigenvalue weighted by Crippen LogP contribution is 2.36. The third-order valence-corrected chi connectivity index (χ3v) is 7.21. The Morgan fingerprint density at radius 1 is 1.44 bits per heavy atom. The van der Waals surface area contributed by atoms with Crippen molar-refractivity contribution >= 4 is 49.1 Å². The first-order chi connectivity index (χ1) is 8.45. The van der Waals surface area contributed by atoms with Gasteiger partial charge in [-0.25, -0.2) is 0 Å². The maximum Gasteiger partial charge on any atom is 0.264 e. The van der Waals surface area contributed by atoms with Gasteiger partial charge in [-0.15, -0.1) is 11.3 Å². The third kappa shape index (κ3) is 2.99. The molecule has 1 saturated heterocycles. The van der Waals surface area contributed by atoms with Crippen LogP contribution in [-0.4, -0.2) is 23.9 Å². The highest BCUT2D eigenvalue weighted by atomic mass is 79.9. The molecule has 1 aliphatic rings. The van der Waals surface area contributed by atoms with Crippen molar-refractivity contribution in [1.82, 2.24) is 4.90 Å². The SMILES string of the molecule is CCC1(C)CCN(C(=O)c2cc(Br)c(Br)s2)CC1. The number of thiophene rings is 1. The van der Waals surface area contributed by atoms with Gasteiger partial charge in [-0.2, -0.15) is 0 Å². The average molecular weight is 395 g/mol. The maximum absolute atomic E-state index is 12.4. The van der Waals surface area contributed by atoms with Crippen LogP contribution in [0.15, 0.2) is 14.3 Å². The minimum absolute atomic E-state index is 0.171. The monoisotopic (exact) mass is 393 g/mol. The quantitative estimate of drug-likeness (QED) is 0.696. The molecule has 1 amide bonds. The van der Waals surface area contributed by atoms with Crippen LogP contribution in [0.4, 0.5) is 0 Å². The number of rotatable bonds is 2. The second-order valence-corrected chi connectivity index (χ2v) is 8.41. The second-order valence-electron chi connectivity index (χ2n) is 5.19. The van der Waals surface area contributed by atoms with E-state index in [2.05, 4.69) is 45.7 Å². The van der Waals surface area contributed by atoms with Gasteiger partial charge in [0, 0.05) is 17.6 Å². The van der Waals surface area contributed by atoms with Gasteiger partial charge in [-0.1, -0.05) is 20.3 Å². The Labute approximate surface area is 129 Å². The minimum atomic E-state index is 0.171. The van der Waals surface area contributed by atoms with E-state index in [1.165, 1.54) is 17.8 Å². The van der Waals surface area contributed by atoms with Crippen LogP contribution in [0.25, 0.3) is 0 Å². The first kappa shape index (κ1) is 14.5. The van der Waals surface area contributed by atoms with Crippen LogP contribution in [-0.2, 0) is 0 Å². The molecule has 0 aliphatic carbocycles. The van der Waals surface area contributed by atoms with Crippen molar-refractivity contribution in [3.8, 4) is 0 Å². The fourth-order valence-corrected chi connectivity index (χ4v) is 4.21. The molecular formula is C13H17Br2NOS. The van der Waals surface area contributed by atoms with Gasteiger partial charge >= 0.3 is 0 Å². The minimum Gasteiger partial charge on any atom is -0.338 e. The van der Waals surface area contributed by atoms with Gasteiger partial charge in [0.05, 0.1) is 8.66 Å². The van der Waals surface area contributed by atoms with Crippen molar-refractivity contribution in [3.05, 3.63) is 19.2 Å². The Morgan fingerprint density at radius 3 is 2.50 bits per heavy atom.